The van der Waals surface area contributed by atoms with Crippen LogP contribution in [-0.2, 0) is 11.2 Å². The third-order valence-electron chi connectivity index (χ3n) is 4.16. The molecular formula is C16H21F2NO2. The minimum atomic E-state index is -0.722. The molecule has 3 nitrogen and oxygen atoms in total. The summed E-state index contributed by atoms with van der Waals surface area (Å²) in [5, 5.41) is 12.5. The Balaban J connectivity index is 2.03. The van der Waals surface area contributed by atoms with Gasteiger partial charge in [0.05, 0.1) is 18.6 Å². The summed E-state index contributed by atoms with van der Waals surface area (Å²) in [5.74, 6) is -1.29. The van der Waals surface area contributed by atoms with Crippen LogP contribution in [0.25, 0.3) is 0 Å². The first kappa shape index (κ1) is 15.9. The number of carbonyl (C=O) groups excluding carboxylic acids is 1. The number of hydrogen-bond donors (Lipinski definition) is 2. The average molecular weight is 297 g/mol. The van der Waals surface area contributed by atoms with E-state index in [1.807, 2.05) is 0 Å². The number of halogens is 2. The van der Waals surface area contributed by atoms with E-state index in [1.165, 1.54) is 6.07 Å². The molecule has 1 aliphatic rings. The van der Waals surface area contributed by atoms with Crippen LogP contribution in [0.2, 0.25) is 0 Å². The summed E-state index contributed by atoms with van der Waals surface area (Å²) in [7, 11) is 0. The molecule has 1 aromatic carbocycles. The largest absolute Gasteiger partial charge is 0.394 e. The molecule has 0 radical (unpaired) electrons. The van der Waals surface area contributed by atoms with Crippen LogP contribution >= 0.6 is 0 Å². The van der Waals surface area contributed by atoms with Crippen LogP contribution in [0, 0.1) is 17.6 Å². The van der Waals surface area contributed by atoms with E-state index in [4.69, 9.17) is 0 Å². The predicted molar refractivity (Wildman–Crippen MR) is 75.7 cm³/mol. The smallest absolute Gasteiger partial charge is 0.225 e. The van der Waals surface area contributed by atoms with Gasteiger partial charge in [-0.1, -0.05) is 25.8 Å². The number of hydrogen-bond acceptors (Lipinski definition) is 2. The van der Waals surface area contributed by atoms with E-state index in [1.54, 1.807) is 0 Å². The second-order valence-electron chi connectivity index (χ2n) is 6.10. The standard InChI is InChI=1S/C16H21F2NO2/c1-11-3-2-6-16(9-11,10-20)19-15(21)7-12-4-5-13(17)8-14(12)18/h4-5,8,11,20H,2-3,6-7,9-10H2,1H3,(H,19,21). The van der Waals surface area contributed by atoms with Crippen molar-refractivity contribution in [2.75, 3.05) is 6.61 Å². The summed E-state index contributed by atoms with van der Waals surface area (Å²) in [6.45, 7) is 1.98. The summed E-state index contributed by atoms with van der Waals surface area (Å²) in [5.41, 5.74) is -0.448. The summed E-state index contributed by atoms with van der Waals surface area (Å²) in [6.07, 6.45) is 3.34. The Morgan fingerprint density at radius 3 is 2.86 bits per heavy atom. The van der Waals surface area contributed by atoms with E-state index < -0.39 is 17.2 Å². The van der Waals surface area contributed by atoms with E-state index >= 15 is 0 Å². The fourth-order valence-corrected chi connectivity index (χ4v) is 3.13. The van der Waals surface area contributed by atoms with Gasteiger partial charge in [-0.3, -0.25) is 4.79 Å². The van der Waals surface area contributed by atoms with Crippen molar-refractivity contribution in [1.29, 1.82) is 0 Å². The molecule has 0 bridgehead atoms. The molecule has 1 aromatic rings. The molecule has 2 unspecified atom stereocenters. The van der Waals surface area contributed by atoms with Crippen LogP contribution in [0.15, 0.2) is 18.2 Å². The lowest BCUT2D eigenvalue weighted by atomic mass is 9.76. The SMILES string of the molecule is CC1CCCC(CO)(NC(=O)Cc2ccc(F)cc2F)C1. The second-order valence-corrected chi connectivity index (χ2v) is 6.10. The minimum absolute atomic E-state index is 0.116. The van der Waals surface area contributed by atoms with Crippen molar-refractivity contribution in [3.8, 4) is 0 Å². The van der Waals surface area contributed by atoms with Crippen molar-refractivity contribution >= 4 is 5.91 Å². The monoisotopic (exact) mass is 297 g/mol. The first-order chi connectivity index (χ1) is 9.94. The first-order valence-electron chi connectivity index (χ1n) is 7.30. The van der Waals surface area contributed by atoms with Crippen LogP contribution in [0.3, 0.4) is 0 Å². The molecule has 116 valence electrons. The summed E-state index contributed by atoms with van der Waals surface area (Å²) >= 11 is 0. The van der Waals surface area contributed by atoms with Gasteiger partial charge < -0.3 is 10.4 Å². The van der Waals surface area contributed by atoms with E-state index in [-0.39, 0.29) is 24.5 Å². The molecule has 0 aromatic heterocycles. The van der Waals surface area contributed by atoms with Gasteiger partial charge in [0, 0.05) is 6.07 Å². The number of carbonyl (C=O) groups is 1. The lowest BCUT2D eigenvalue weighted by molar-refractivity contribution is -0.123. The third kappa shape index (κ3) is 4.00. The topological polar surface area (TPSA) is 49.3 Å². The van der Waals surface area contributed by atoms with E-state index in [0.717, 1.165) is 37.8 Å². The van der Waals surface area contributed by atoms with Crippen molar-refractivity contribution in [3.63, 3.8) is 0 Å². The molecule has 2 rings (SSSR count). The highest BCUT2D eigenvalue weighted by atomic mass is 19.1. The Kier molecular flexibility index (Phi) is 4.93. The lowest BCUT2D eigenvalue weighted by Crippen LogP contribution is -2.54. The maximum Gasteiger partial charge on any atom is 0.225 e. The average Bonchev–Trinajstić information content (AvgIpc) is 2.42. The molecular weight excluding hydrogens is 276 g/mol. The van der Waals surface area contributed by atoms with Crippen molar-refractivity contribution in [1.82, 2.24) is 5.32 Å². The van der Waals surface area contributed by atoms with Crippen LogP contribution in [-0.4, -0.2) is 23.2 Å². The fourth-order valence-electron chi connectivity index (χ4n) is 3.13. The highest BCUT2D eigenvalue weighted by molar-refractivity contribution is 5.79. The zero-order valence-electron chi connectivity index (χ0n) is 12.2. The molecule has 21 heavy (non-hydrogen) atoms. The Labute approximate surface area is 123 Å². The molecule has 0 saturated heterocycles. The molecule has 1 fully saturated rings. The predicted octanol–water partition coefficient (Wildman–Crippen LogP) is 2.56. The number of rotatable bonds is 4. The van der Waals surface area contributed by atoms with Gasteiger partial charge in [-0.2, -0.15) is 0 Å². The van der Waals surface area contributed by atoms with E-state index in [9.17, 15) is 18.7 Å². The number of benzene rings is 1. The number of aliphatic hydroxyl groups excluding tert-OH is 1. The van der Waals surface area contributed by atoms with Gasteiger partial charge in [0.1, 0.15) is 11.6 Å². The van der Waals surface area contributed by atoms with Crippen LogP contribution in [0.1, 0.15) is 38.2 Å². The zero-order valence-corrected chi connectivity index (χ0v) is 12.2. The van der Waals surface area contributed by atoms with Gasteiger partial charge in [-0.15, -0.1) is 0 Å². The zero-order chi connectivity index (χ0) is 15.5. The van der Waals surface area contributed by atoms with Gasteiger partial charge in [-0.25, -0.2) is 8.78 Å². The maximum atomic E-state index is 13.6. The van der Waals surface area contributed by atoms with Gasteiger partial charge >= 0.3 is 0 Å². The molecule has 2 N–H and O–H groups in total. The highest BCUT2D eigenvalue weighted by Gasteiger charge is 2.35. The van der Waals surface area contributed by atoms with Gasteiger partial charge in [0.15, 0.2) is 0 Å². The Morgan fingerprint density at radius 1 is 1.48 bits per heavy atom. The molecule has 5 heteroatoms. The number of nitrogens with one attached hydrogen (secondary N) is 1. The van der Waals surface area contributed by atoms with Gasteiger partial charge in [-0.05, 0) is 30.4 Å². The molecule has 0 aliphatic heterocycles. The van der Waals surface area contributed by atoms with Crippen molar-refractivity contribution in [2.24, 2.45) is 5.92 Å². The lowest BCUT2D eigenvalue weighted by Gasteiger charge is -2.39. The molecule has 0 heterocycles. The van der Waals surface area contributed by atoms with E-state index in [0.29, 0.717) is 5.92 Å². The van der Waals surface area contributed by atoms with E-state index in [2.05, 4.69) is 12.2 Å². The quantitative estimate of drug-likeness (QED) is 0.897. The molecule has 1 amide bonds. The Morgan fingerprint density at radius 2 is 2.24 bits per heavy atom. The molecule has 2 atom stereocenters. The molecule has 1 aliphatic carbocycles. The normalized spacial score (nSPS) is 25.6. The maximum absolute atomic E-state index is 13.6. The van der Waals surface area contributed by atoms with Crippen molar-refractivity contribution in [2.45, 2.75) is 44.6 Å². The fraction of sp³-hybridized carbons (Fsp3) is 0.562. The third-order valence-corrected chi connectivity index (χ3v) is 4.16. The Bertz CT molecular complexity index is 521. The summed E-state index contributed by atoms with van der Waals surface area (Å²) in [6, 6.07) is 3.18. The number of aliphatic hydroxyl groups is 1. The molecule has 0 spiro atoms. The van der Waals surface area contributed by atoms with Crippen LogP contribution < -0.4 is 5.32 Å². The minimum Gasteiger partial charge on any atom is -0.394 e. The molecule has 1 saturated carbocycles. The van der Waals surface area contributed by atoms with Gasteiger partial charge in [0.25, 0.3) is 0 Å². The van der Waals surface area contributed by atoms with Crippen LogP contribution in [0.5, 0.6) is 0 Å². The van der Waals surface area contributed by atoms with Crippen molar-refractivity contribution < 1.29 is 18.7 Å². The van der Waals surface area contributed by atoms with Crippen LogP contribution in [0.4, 0.5) is 8.78 Å². The second kappa shape index (κ2) is 6.52. The van der Waals surface area contributed by atoms with Gasteiger partial charge in [0.2, 0.25) is 5.91 Å². The number of amides is 1. The highest BCUT2D eigenvalue weighted by Crippen LogP contribution is 2.32. The summed E-state index contributed by atoms with van der Waals surface area (Å²) < 4.78 is 26.4. The Hall–Kier alpha value is -1.49. The first-order valence-corrected chi connectivity index (χ1v) is 7.30. The van der Waals surface area contributed by atoms with Crippen molar-refractivity contribution in [3.05, 3.63) is 35.4 Å². The summed E-state index contributed by atoms with van der Waals surface area (Å²) in [4.78, 5) is 12.1.